The van der Waals surface area contributed by atoms with E-state index in [9.17, 15) is 4.79 Å². The number of rotatable bonds is 8. The lowest BCUT2D eigenvalue weighted by molar-refractivity contribution is -0.137. The van der Waals surface area contributed by atoms with Gasteiger partial charge in [-0.25, -0.2) is 0 Å². The molecule has 0 amide bonds. The fourth-order valence-electron chi connectivity index (χ4n) is 1.29. The molecule has 13 heavy (non-hydrogen) atoms. The van der Waals surface area contributed by atoms with Crippen molar-refractivity contribution < 1.29 is 9.90 Å². The van der Waals surface area contributed by atoms with Crippen LogP contribution in [-0.4, -0.2) is 23.7 Å². The van der Waals surface area contributed by atoms with Crippen molar-refractivity contribution in [3.8, 4) is 0 Å². The Balaban J connectivity index is 3.66. The van der Waals surface area contributed by atoms with Gasteiger partial charge in [-0.3, -0.25) is 4.79 Å². The predicted molar refractivity (Wildman–Crippen MR) is 53.9 cm³/mol. The predicted octanol–water partition coefficient (Wildman–Crippen LogP) is 2.02. The first-order valence-electron chi connectivity index (χ1n) is 5.15. The van der Waals surface area contributed by atoms with Crippen LogP contribution in [0.5, 0.6) is 0 Å². The van der Waals surface area contributed by atoms with Crippen LogP contribution >= 0.6 is 0 Å². The summed E-state index contributed by atoms with van der Waals surface area (Å²) in [5.74, 6) is -0.704. The minimum absolute atomic E-state index is 0.164. The molecule has 3 heteroatoms. The minimum Gasteiger partial charge on any atom is -0.481 e. The van der Waals surface area contributed by atoms with Crippen molar-refractivity contribution in [2.45, 2.75) is 52.0 Å². The quantitative estimate of drug-likeness (QED) is 0.611. The first-order valence-corrected chi connectivity index (χ1v) is 5.15. The van der Waals surface area contributed by atoms with Crippen molar-refractivity contribution in [2.24, 2.45) is 0 Å². The van der Waals surface area contributed by atoms with E-state index >= 15 is 0 Å². The maximum absolute atomic E-state index is 10.5. The van der Waals surface area contributed by atoms with Crippen LogP contribution in [0.4, 0.5) is 0 Å². The monoisotopic (exact) mass is 187 g/mol. The van der Waals surface area contributed by atoms with Crippen LogP contribution in [0.15, 0.2) is 0 Å². The van der Waals surface area contributed by atoms with Gasteiger partial charge in [-0.1, -0.05) is 26.7 Å². The van der Waals surface area contributed by atoms with Crippen molar-refractivity contribution in [3.63, 3.8) is 0 Å². The molecule has 78 valence electrons. The van der Waals surface area contributed by atoms with E-state index in [4.69, 9.17) is 5.11 Å². The molecule has 0 aliphatic rings. The first-order chi connectivity index (χ1) is 6.20. The number of carboxylic acid groups (broad SMARTS) is 1. The SMILES string of the molecule is CCCCC(CC(=O)O)NCCC. The van der Waals surface area contributed by atoms with E-state index in [-0.39, 0.29) is 12.5 Å². The van der Waals surface area contributed by atoms with Gasteiger partial charge in [-0.05, 0) is 19.4 Å². The summed E-state index contributed by atoms with van der Waals surface area (Å²) in [6, 6.07) is 0.164. The molecule has 0 aliphatic carbocycles. The molecule has 0 aromatic carbocycles. The molecule has 0 saturated carbocycles. The summed E-state index contributed by atoms with van der Waals surface area (Å²) < 4.78 is 0. The molecule has 0 heterocycles. The average Bonchev–Trinajstić information content (AvgIpc) is 2.09. The van der Waals surface area contributed by atoms with E-state index in [1.807, 2.05) is 0 Å². The smallest absolute Gasteiger partial charge is 0.304 e. The summed E-state index contributed by atoms with van der Waals surface area (Å²) in [7, 11) is 0. The molecule has 0 aromatic heterocycles. The van der Waals surface area contributed by atoms with Gasteiger partial charge >= 0.3 is 5.97 Å². The number of hydrogen-bond donors (Lipinski definition) is 2. The van der Waals surface area contributed by atoms with Crippen LogP contribution < -0.4 is 5.32 Å². The Bertz CT molecular complexity index is 129. The normalized spacial score (nSPS) is 12.8. The largest absolute Gasteiger partial charge is 0.481 e. The topological polar surface area (TPSA) is 49.3 Å². The van der Waals surface area contributed by atoms with E-state index in [0.717, 1.165) is 32.2 Å². The number of carboxylic acids is 1. The van der Waals surface area contributed by atoms with Crippen LogP contribution in [0, 0.1) is 0 Å². The number of unbranched alkanes of at least 4 members (excludes halogenated alkanes) is 1. The highest BCUT2D eigenvalue weighted by Crippen LogP contribution is 2.04. The fraction of sp³-hybridized carbons (Fsp3) is 0.900. The van der Waals surface area contributed by atoms with E-state index in [2.05, 4.69) is 19.2 Å². The van der Waals surface area contributed by atoms with Crippen LogP contribution in [0.2, 0.25) is 0 Å². The maximum atomic E-state index is 10.5. The molecular formula is C10H21NO2. The highest BCUT2D eigenvalue weighted by Gasteiger charge is 2.10. The van der Waals surface area contributed by atoms with E-state index in [1.54, 1.807) is 0 Å². The molecule has 0 saturated heterocycles. The van der Waals surface area contributed by atoms with Gasteiger partial charge in [0, 0.05) is 6.04 Å². The summed E-state index contributed by atoms with van der Waals surface area (Å²) in [6.07, 6.45) is 4.52. The molecule has 0 fully saturated rings. The summed E-state index contributed by atoms with van der Waals surface area (Å²) >= 11 is 0. The van der Waals surface area contributed by atoms with Gasteiger partial charge in [0.2, 0.25) is 0 Å². The first kappa shape index (κ1) is 12.4. The minimum atomic E-state index is -0.704. The van der Waals surface area contributed by atoms with Crippen molar-refractivity contribution in [2.75, 3.05) is 6.54 Å². The Morgan fingerprint density at radius 3 is 2.54 bits per heavy atom. The fourth-order valence-corrected chi connectivity index (χ4v) is 1.29. The third-order valence-electron chi connectivity index (χ3n) is 2.01. The Kier molecular flexibility index (Phi) is 7.69. The average molecular weight is 187 g/mol. The summed E-state index contributed by atoms with van der Waals surface area (Å²) in [4.78, 5) is 10.5. The van der Waals surface area contributed by atoms with Crippen LogP contribution in [-0.2, 0) is 4.79 Å². The molecule has 0 radical (unpaired) electrons. The third kappa shape index (κ3) is 7.78. The molecule has 1 unspecified atom stereocenters. The molecule has 1 atom stereocenters. The molecule has 0 bridgehead atoms. The number of aliphatic carboxylic acids is 1. The maximum Gasteiger partial charge on any atom is 0.304 e. The highest BCUT2D eigenvalue weighted by molar-refractivity contribution is 5.67. The third-order valence-corrected chi connectivity index (χ3v) is 2.01. The molecule has 3 nitrogen and oxygen atoms in total. The lowest BCUT2D eigenvalue weighted by atomic mass is 10.1. The van der Waals surface area contributed by atoms with Gasteiger partial charge in [0.25, 0.3) is 0 Å². The molecule has 0 aliphatic heterocycles. The Morgan fingerprint density at radius 1 is 1.38 bits per heavy atom. The van der Waals surface area contributed by atoms with Gasteiger partial charge < -0.3 is 10.4 Å². The van der Waals surface area contributed by atoms with Crippen LogP contribution in [0.25, 0.3) is 0 Å². The number of hydrogen-bond acceptors (Lipinski definition) is 2. The van der Waals surface area contributed by atoms with Gasteiger partial charge in [-0.2, -0.15) is 0 Å². The second-order valence-corrected chi connectivity index (χ2v) is 3.39. The molecule has 0 aromatic rings. The Hall–Kier alpha value is -0.570. The second-order valence-electron chi connectivity index (χ2n) is 3.39. The standard InChI is InChI=1S/C10H21NO2/c1-3-5-6-9(8-10(12)13)11-7-4-2/h9,11H,3-8H2,1-2H3,(H,12,13). The van der Waals surface area contributed by atoms with Gasteiger partial charge in [0.1, 0.15) is 0 Å². The Morgan fingerprint density at radius 2 is 2.08 bits per heavy atom. The Labute approximate surface area is 80.5 Å². The van der Waals surface area contributed by atoms with Gasteiger partial charge in [0.05, 0.1) is 6.42 Å². The highest BCUT2D eigenvalue weighted by atomic mass is 16.4. The van der Waals surface area contributed by atoms with Crippen LogP contribution in [0.1, 0.15) is 46.0 Å². The lowest BCUT2D eigenvalue weighted by Gasteiger charge is -2.15. The van der Waals surface area contributed by atoms with Crippen LogP contribution in [0.3, 0.4) is 0 Å². The summed E-state index contributed by atoms with van der Waals surface area (Å²) in [6.45, 7) is 5.13. The van der Waals surface area contributed by atoms with E-state index in [0.29, 0.717) is 0 Å². The lowest BCUT2D eigenvalue weighted by Crippen LogP contribution is -2.31. The van der Waals surface area contributed by atoms with Crippen molar-refractivity contribution in [1.29, 1.82) is 0 Å². The zero-order valence-electron chi connectivity index (χ0n) is 8.68. The van der Waals surface area contributed by atoms with E-state index < -0.39 is 5.97 Å². The summed E-state index contributed by atoms with van der Waals surface area (Å²) in [5, 5.41) is 11.9. The van der Waals surface area contributed by atoms with E-state index in [1.165, 1.54) is 0 Å². The van der Waals surface area contributed by atoms with Crippen molar-refractivity contribution in [1.82, 2.24) is 5.32 Å². The van der Waals surface area contributed by atoms with Crippen molar-refractivity contribution in [3.05, 3.63) is 0 Å². The second kappa shape index (κ2) is 8.05. The molecule has 2 N–H and O–H groups in total. The van der Waals surface area contributed by atoms with Gasteiger partial charge in [0.15, 0.2) is 0 Å². The molecule has 0 spiro atoms. The summed E-state index contributed by atoms with van der Waals surface area (Å²) in [5.41, 5.74) is 0. The number of carbonyl (C=O) groups is 1. The van der Waals surface area contributed by atoms with Crippen molar-refractivity contribution >= 4 is 5.97 Å². The zero-order chi connectivity index (χ0) is 10.1. The van der Waals surface area contributed by atoms with Gasteiger partial charge in [-0.15, -0.1) is 0 Å². The number of nitrogens with one attached hydrogen (secondary N) is 1. The molecule has 0 rings (SSSR count). The zero-order valence-corrected chi connectivity index (χ0v) is 8.68. The molecular weight excluding hydrogens is 166 g/mol.